The zero-order valence-electron chi connectivity index (χ0n) is 14.3. The van der Waals surface area contributed by atoms with Crippen molar-refractivity contribution in [2.24, 2.45) is 0 Å². The van der Waals surface area contributed by atoms with E-state index in [0.717, 1.165) is 39.0 Å². The van der Waals surface area contributed by atoms with Crippen molar-refractivity contribution in [1.82, 2.24) is 9.97 Å². The van der Waals surface area contributed by atoms with Crippen molar-refractivity contribution in [3.8, 4) is 16.3 Å². The Kier molecular flexibility index (Phi) is 5.45. The first-order valence-corrected chi connectivity index (χ1v) is 9.67. The maximum atomic E-state index is 11.2. The lowest BCUT2D eigenvalue weighted by Gasteiger charge is -2.08. The Morgan fingerprint density at radius 1 is 1.28 bits per heavy atom. The summed E-state index contributed by atoms with van der Waals surface area (Å²) < 4.78 is 5.69. The summed E-state index contributed by atoms with van der Waals surface area (Å²) in [6.45, 7) is 6.04. The standard InChI is InChI=1S/C18H19N3O2S2/c1-4-23-15-8-6-5-7-13(15)9-16-21-14(10-24-16)17-11(2)19-18(25-17)20-12(3)22/h5-8,10H,4,9H2,1-3H3,(H,19,20,22). The van der Waals surface area contributed by atoms with Crippen molar-refractivity contribution in [1.29, 1.82) is 0 Å². The third kappa shape index (κ3) is 4.24. The first-order valence-electron chi connectivity index (χ1n) is 7.97. The van der Waals surface area contributed by atoms with Crippen LogP contribution in [0.15, 0.2) is 29.6 Å². The Balaban J connectivity index is 1.81. The quantitative estimate of drug-likeness (QED) is 0.690. The second-order valence-corrected chi connectivity index (χ2v) is 7.40. The number of amides is 1. The van der Waals surface area contributed by atoms with Gasteiger partial charge in [0.05, 0.1) is 27.9 Å². The molecule has 0 saturated carbocycles. The van der Waals surface area contributed by atoms with Crippen LogP contribution in [0.4, 0.5) is 5.13 Å². The van der Waals surface area contributed by atoms with Gasteiger partial charge in [-0.2, -0.15) is 0 Å². The molecule has 2 heterocycles. The fourth-order valence-electron chi connectivity index (χ4n) is 2.44. The Morgan fingerprint density at radius 3 is 2.84 bits per heavy atom. The molecule has 0 fully saturated rings. The van der Waals surface area contributed by atoms with E-state index in [1.165, 1.54) is 18.3 Å². The van der Waals surface area contributed by atoms with Crippen LogP contribution in [0, 0.1) is 6.92 Å². The average Bonchev–Trinajstić information content (AvgIpc) is 3.15. The monoisotopic (exact) mass is 373 g/mol. The summed E-state index contributed by atoms with van der Waals surface area (Å²) in [6, 6.07) is 8.05. The van der Waals surface area contributed by atoms with Crippen LogP contribution in [0.3, 0.4) is 0 Å². The van der Waals surface area contributed by atoms with Gasteiger partial charge < -0.3 is 10.1 Å². The number of aromatic nitrogens is 2. The first-order chi connectivity index (χ1) is 12.1. The van der Waals surface area contributed by atoms with Crippen molar-refractivity contribution in [2.75, 3.05) is 11.9 Å². The molecule has 0 aliphatic carbocycles. The summed E-state index contributed by atoms with van der Waals surface area (Å²) in [4.78, 5) is 21.3. The van der Waals surface area contributed by atoms with Gasteiger partial charge in [-0.05, 0) is 19.9 Å². The molecule has 1 aromatic carbocycles. The van der Waals surface area contributed by atoms with E-state index in [9.17, 15) is 4.79 Å². The number of benzene rings is 1. The lowest BCUT2D eigenvalue weighted by molar-refractivity contribution is -0.114. The fourth-order valence-corrected chi connectivity index (χ4v) is 4.30. The highest BCUT2D eigenvalue weighted by Crippen LogP contribution is 2.34. The lowest BCUT2D eigenvalue weighted by atomic mass is 10.1. The molecular formula is C18H19N3O2S2. The van der Waals surface area contributed by atoms with Crippen molar-refractivity contribution >= 4 is 33.7 Å². The third-order valence-corrected chi connectivity index (χ3v) is 5.42. The van der Waals surface area contributed by atoms with Crippen LogP contribution in [0.5, 0.6) is 5.75 Å². The number of hydrogen-bond donors (Lipinski definition) is 1. The number of nitrogens with zero attached hydrogens (tertiary/aromatic N) is 2. The second kappa shape index (κ2) is 7.76. The summed E-state index contributed by atoms with van der Waals surface area (Å²) in [5.74, 6) is 0.787. The van der Waals surface area contributed by atoms with Crippen LogP contribution < -0.4 is 10.1 Å². The minimum atomic E-state index is -0.119. The van der Waals surface area contributed by atoms with Crippen molar-refractivity contribution in [3.63, 3.8) is 0 Å². The van der Waals surface area contributed by atoms with Gasteiger partial charge in [0.25, 0.3) is 0 Å². The molecule has 25 heavy (non-hydrogen) atoms. The molecule has 7 heteroatoms. The number of hydrogen-bond acceptors (Lipinski definition) is 6. The SMILES string of the molecule is CCOc1ccccc1Cc1nc(-c2sc(NC(C)=O)nc2C)cs1. The predicted molar refractivity (Wildman–Crippen MR) is 103 cm³/mol. The van der Waals surface area contributed by atoms with E-state index < -0.39 is 0 Å². The predicted octanol–water partition coefficient (Wildman–Crippen LogP) is 4.52. The summed E-state index contributed by atoms with van der Waals surface area (Å²) in [7, 11) is 0. The molecule has 0 aliphatic rings. The Bertz CT molecular complexity index is 886. The molecule has 3 rings (SSSR count). The topological polar surface area (TPSA) is 64.1 Å². The second-order valence-electron chi connectivity index (χ2n) is 5.46. The smallest absolute Gasteiger partial charge is 0.223 e. The number of carbonyl (C=O) groups is 1. The number of ether oxygens (including phenoxy) is 1. The van der Waals surface area contributed by atoms with Crippen LogP contribution in [0.1, 0.15) is 30.1 Å². The van der Waals surface area contributed by atoms with E-state index in [2.05, 4.69) is 16.4 Å². The minimum Gasteiger partial charge on any atom is -0.494 e. The van der Waals surface area contributed by atoms with Crippen LogP contribution in [0.25, 0.3) is 10.6 Å². The molecule has 130 valence electrons. The molecular weight excluding hydrogens is 354 g/mol. The first kappa shape index (κ1) is 17.6. The van der Waals surface area contributed by atoms with Gasteiger partial charge >= 0.3 is 0 Å². The third-order valence-electron chi connectivity index (χ3n) is 3.48. The highest BCUT2D eigenvalue weighted by Gasteiger charge is 2.14. The molecule has 0 spiro atoms. The highest BCUT2D eigenvalue weighted by atomic mass is 32.1. The van der Waals surface area contributed by atoms with Crippen LogP contribution in [-0.2, 0) is 11.2 Å². The highest BCUT2D eigenvalue weighted by molar-refractivity contribution is 7.19. The van der Waals surface area contributed by atoms with E-state index in [4.69, 9.17) is 9.72 Å². The van der Waals surface area contributed by atoms with Crippen LogP contribution in [-0.4, -0.2) is 22.5 Å². The number of carbonyl (C=O) groups excluding carboxylic acids is 1. The van der Waals surface area contributed by atoms with Gasteiger partial charge in [0.15, 0.2) is 5.13 Å². The number of para-hydroxylation sites is 1. The zero-order chi connectivity index (χ0) is 17.8. The van der Waals surface area contributed by atoms with Crippen molar-refractivity contribution in [3.05, 3.63) is 45.9 Å². The summed E-state index contributed by atoms with van der Waals surface area (Å²) in [5.41, 5.74) is 2.91. The van der Waals surface area contributed by atoms with E-state index in [1.54, 1.807) is 11.3 Å². The van der Waals surface area contributed by atoms with E-state index in [-0.39, 0.29) is 5.91 Å². The molecule has 0 bridgehead atoms. The van der Waals surface area contributed by atoms with Crippen LogP contribution >= 0.6 is 22.7 Å². The summed E-state index contributed by atoms with van der Waals surface area (Å²) in [5, 5.41) is 6.40. The maximum Gasteiger partial charge on any atom is 0.223 e. The molecule has 0 aliphatic heterocycles. The molecule has 0 saturated heterocycles. The molecule has 5 nitrogen and oxygen atoms in total. The molecule has 0 radical (unpaired) electrons. The molecule has 3 aromatic rings. The van der Waals surface area contributed by atoms with Gasteiger partial charge in [0.2, 0.25) is 5.91 Å². The minimum absolute atomic E-state index is 0.119. The molecule has 1 amide bonds. The van der Waals surface area contributed by atoms with Crippen molar-refractivity contribution in [2.45, 2.75) is 27.2 Å². The van der Waals surface area contributed by atoms with Crippen LogP contribution in [0.2, 0.25) is 0 Å². The fraction of sp³-hybridized carbons (Fsp3) is 0.278. The molecule has 2 aromatic heterocycles. The number of nitrogens with one attached hydrogen (secondary N) is 1. The number of aryl methyl sites for hydroxylation is 1. The van der Waals surface area contributed by atoms with E-state index in [0.29, 0.717) is 11.7 Å². The number of anilines is 1. The van der Waals surface area contributed by atoms with Crippen molar-refractivity contribution < 1.29 is 9.53 Å². The van der Waals surface area contributed by atoms with Gasteiger partial charge in [-0.25, -0.2) is 9.97 Å². The van der Waals surface area contributed by atoms with Gasteiger partial charge in [-0.15, -0.1) is 11.3 Å². The lowest BCUT2D eigenvalue weighted by Crippen LogP contribution is -2.04. The van der Waals surface area contributed by atoms with E-state index in [1.807, 2.05) is 37.4 Å². The summed E-state index contributed by atoms with van der Waals surface area (Å²) in [6.07, 6.45) is 0.733. The normalized spacial score (nSPS) is 10.7. The Morgan fingerprint density at radius 2 is 2.08 bits per heavy atom. The van der Waals surface area contributed by atoms with Gasteiger partial charge in [0.1, 0.15) is 5.75 Å². The molecule has 0 atom stereocenters. The molecule has 0 unspecified atom stereocenters. The number of thiazole rings is 2. The Hall–Kier alpha value is -2.25. The van der Waals surface area contributed by atoms with Gasteiger partial charge in [-0.3, -0.25) is 4.79 Å². The zero-order valence-corrected chi connectivity index (χ0v) is 16.0. The Labute approximate surface area is 154 Å². The van der Waals surface area contributed by atoms with Gasteiger partial charge in [-0.1, -0.05) is 29.5 Å². The average molecular weight is 374 g/mol. The van der Waals surface area contributed by atoms with Gasteiger partial charge in [0, 0.05) is 24.3 Å². The molecule has 1 N–H and O–H groups in total. The maximum absolute atomic E-state index is 11.2. The summed E-state index contributed by atoms with van der Waals surface area (Å²) >= 11 is 3.07. The number of rotatable bonds is 6. The largest absolute Gasteiger partial charge is 0.494 e. The van der Waals surface area contributed by atoms with E-state index >= 15 is 0 Å².